The van der Waals surface area contributed by atoms with Crippen molar-refractivity contribution in [1.29, 1.82) is 0 Å². The summed E-state index contributed by atoms with van der Waals surface area (Å²) in [6, 6.07) is 7.85. The van der Waals surface area contributed by atoms with Gasteiger partial charge in [0.05, 0.1) is 6.54 Å². The summed E-state index contributed by atoms with van der Waals surface area (Å²) in [5.74, 6) is 0. The van der Waals surface area contributed by atoms with Gasteiger partial charge >= 0.3 is 5.69 Å². The van der Waals surface area contributed by atoms with Crippen molar-refractivity contribution in [3.63, 3.8) is 0 Å². The van der Waals surface area contributed by atoms with Crippen molar-refractivity contribution in [3.8, 4) is 0 Å². The van der Waals surface area contributed by atoms with Crippen LogP contribution < -0.4 is 11.4 Å². The first-order chi connectivity index (χ1) is 8.20. The Hall–Kier alpha value is -1.94. The fraction of sp³-hybridized carbons (Fsp3) is 0.231. The maximum Gasteiger partial charge on any atom is 0.347 e. The van der Waals surface area contributed by atoms with E-state index in [9.17, 15) is 4.79 Å². The van der Waals surface area contributed by atoms with E-state index in [4.69, 9.17) is 5.73 Å². The highest BCUT2D eigenvalue weighted by Crippen LogP contribution is 2.09. The number of aryl methyl sites for hydroxylation is 1. The Labute approximate surface area is 99.7 Å². The van der Waals surface area contributed by atoms with E-state index in [1.165, 1.54) is 0 Å². The van der Waals surface area contributed by atoms with Gasteiger partial charge in [0.25, 0.3) is 0 Å². The van der Waals surface area contributed by atoms with Crippen LogP contribution in [-0.2, 0) is 13.1 Å². The van der Waals surface area contributed by atoms with Gasteiger partial charge in [-0.05, 0) is 23.6 Å². The van der Waals surface area contributed by atoms with Crippen molar-refractivity contribution in [3.05, 3.63) is 63.8 Å². The van der Waals surface area contributed by atoms with E-state index in [2.05, 4.69) is 4.98 Å². The summed E-state index contributed by atoms with van der Waals surface area (Å²) >= 11 is 0. The molecule has 0 bridgehead atoms. The number of rotatable bonds is 3. The molecule has 0 amide bonds. The molecular weight excluding hydrogens is 214 g/mol. The predicted molar refractivity (Wildman–Crippen MR) is 66.7 cm³/mol. The molecule has 0 aliphatic rings. The lowest BCUT2D eigenvalue weighted by Gasteiger charge is -2.09. The summed E-state index contributed by atoms with van der Waals surface area (Å²) in [7, 11) is 0. The summed E-state index contributed by atoms with van der Waals surface area (Å²) in [6.07, 6.45) is 3.39. The minimum absolute atomic E-state index is 0.234. The van der Waals surface area contributed by atoms with Gasteiger partial charge in [-0.2, -0.15) is 0 Å². The van der Waals surface area contributed by atoms with Gasteiger partial charge in [-0.3, -0.25) is 4.57 Å². The monoisotopic (exact) mass is 229 g/mol. The summed E-state index contributed by atoms with van der Waals surface area (Å²) < 4.78 is 1.60. The van der Waals surface area contributed by atoms with E-state index < -0.39 is 0 Å². The molecule has 0 saturated carbocycles. The van der Waals surface area contributed by atoms with Crippen molar-refractivity contribution in [2.75, 3.05) is 0 Å². The highest BCUT2D eigenvalue weighted by molar-refractivity contribution is 5.27. The van der Waals surface area contributed by atoms with E-state index in [1.54, 1.807) is 10.8 Å². The third-order valence-electron chi connectivity index (χ3n) is 2.66. The van der Waals surface area contributed by atoms with Crippen molar-refractivity contribution in [2.24, 2.45) is 5.73 Å². The molecule has 2 N–H and O–H groups in total. The first-order valence-electron chi connectivity index (χ1n) is 5.50. The Morgan fingerprint density at radius 1 is 1.29 bits per heavy atom. The number of nitrogens with zero attached hydrogens (tertiary/aromatic N) is 2. The summed E-state index contributed by atoms with van der Waals surface area (Å²) in [5, 5.41) is 0. The van der Waals surface area contributed by atoms with E-state index in [0.717, 1.165) is 16.7 Å². The molecule has 0 saturated heterocycles. The Bertz CT molecular complexity index is 575. The molecular formula is C13H15N3O. The molecule has 4 nitrogen and oxygen atoms in total. The summed E-state index contributed by atoms with van der Waals surface area (Å²) in [5.41, 5.74) is 8.52. The molecule has 0 unspecified atom stereocenters. The van der Waals surface area contributed by atoms with Gasteiger partial charge in [0, 0.05) is 18.9 Å². The largest absolute Gasteiger partial charge is 0.347 e. The first kappa shape index (κ1) is 11.5. The smallest absolute Gasteiger partial charge is 0.326 e. The Balaban J connectivity index is 2.37. The molecule has 88 valence electrons. The standard InChI is InChI=1S/C13H15N3O/c1-10-7-15-13(17)16(8-10)9-12-5-3-2-4-11(12)6-14/h2-5,7-8H,6,9,14H2,1H3. The second-order valence-corrected chi connectivity index (χ2v) is 4.01. The molecule has 2 rings (SSSR count). The van der Waals surface area contributed by atoms with Gasteiger partial charge in [-0.15, -0.1) is 0 Å². The molecule has 2 aromatic rings. The van der Waals surface area contributed by atoms with Crippen LogP contribution in [0.5, 0.6) is 0 Å². The minimum Gasteiger partial charge on any atom is -0.326 e. The van der Waals surface area contributed by atoms with Crippen LogP contribution in [0.1, 0.15) is 16.7 Å². The number of hydrogen-bond acceptors (Lipinski definition) is 3. The van der Waals surface area contributed by atoms with Crippen LogP contribution in [0.3, 0.4) is 0 Å². The molecule has 1 aromatic carbocycles. The molecule has 0 radical (unpaired) electrons. The lowest BCUT2D eigenvalue weighted by Crippen LogP contribution is -2.23. The van der Waals surface area contributed by atoms with Crippen LogP contribution in [0.25, 0.3) is 0 Å². The Morgan fingerprint density at radius 3 is 2.71 bits per heavy atom. The average molecular weight is 229 g/mol. The lowest BCUT2D eigenvalue weighted by atomic mass is 10.1. The third-order valence-corrected chi connectivity index (χ3v) is 2.66. The molecule has 0 atom stereocenters. The number of benzene rings is 1. The Kier molecular flexibility index (Phi) is 3.35. The number of aromatic nitrogens is 2. The van der Waals surface area contributed by atoms with E-state index in [-0.39, 0.29) is 5.69 Å². The van der Waals surface area contributed by atoms with Crippen LogP contribution in [0, 0.1) is 6.92 Å². The predicted octanol–water partition coefficient (Wildman–Crippen LogP) is 1.06. The molecule has 0 spiro atoms. The molecule has 1 aromatic heterocycles. The normalized spacial score (nSPS) is 10.5. The fourth-order valence-corrected chi connectivity index (χ4v) is 1.77. The topological polar surface area (TPSA) is 60.9 Å². The SMILES string of the molecule is Cc1cnc(=O)n(Cc2ccccc2CN)c1. The molecule has 4 heteroatoms. The van der Waals surface area contributed by atoms with Crippen LogP contribution in [-0.4, -0.2) is 9.55 Å². The average Bonchev–Trinajstić information content (AvgIpc) is 2.34. The fourth-order valence-electron chi connectivity index (χ4n) is 1.77. The highest BCUT2D eigenvalue weighted by atomic mass is 16.1. The summed E-state index contributed by atoms with van der Waals surface area (Å²) in [4.78, 5) is 15.4. The van der Waals surface area contributed by atoms with Gasteiger partial charge in [0.15, 0.2) is 0 Å². The van der Waals surface area contributed by atoms with Crippen molar-refractivity contribution >= 4 is 0 Å². The van der Waals surface area contributed by atoms with Gasteiger partial charge in [-0.1, -0.05) is 24.3 Å². The van der Waals surface area contributed by atoms with Gasteiger partial charge < -0.3 is 5.73 Å². The third kappa shape index (κ3) is 2.60. The maximum atomic E-state index is 11.6. The molecule has 17 heavy (non-hydrogen) atoms. The van der Waals surface area contributed by atoms with Crippen LogP contribution in [0.4, 0.5) is 0 Å². The number of hydrogen-bond donors (Lipinski definition) is 1. The van der Waals surface area contributed by atoms with Gasteiger partial charge in [-0.25, -0.2) is 9.78 Å². The van der Waals surface area contributed by atoms with Crippen molar-refractivity contribution < 1.29 is 0 Å². The Morgan fingerprint density at radius 2 is 2.00 bits per heavy atom. The van der Waals surface area contributed by atoms with Crippen molar-refractivity contribution in [2.45, 2.75) is 20.0 Å². The first-order valence-corrected chi connectivity index (χ1v) is 5.50. The summed E-state index contributed by atoms with van der Waals surface area (Å²) in [6.45, 7) is 2.91. The molecule has 0 fully saturated rings. The molecule has 1 heterocycles. The van der Waals surface area contributed by atoms with Crippen LogP contribution >= 0.6 is 0 Å². The van der Waals surface area contributed by atoms with Gasteiger partial charge in [0.1, 0.15) is 0 Å². The van der Waals surface area contributed by atoms with E-state index in [1.807, 2.05) is 37.4 Å². The number of nitrogens with two attached hydrogens (primary N) is 1. The maximum absolute atomic E-state index is 11.6. The quantitative estimate of drug-likeness (QED) is 0.856. The van der Waals surface area contributed by atoms with Crippen molar-refractivity contribution in [1.82, 2.24) is 9.55 Å². The zero-order valence-corrected chi connectivity index (χ0v) is 9.76. The van der Waals surface area contributed by atoms with Crippen LogP contribution in [0.2, 0.25) is 0 Å². The zero-order valence-electron chi connectivity index (χ0n) is 9.76. The lowest BCUT2D eigenvalue weighted by molar-refractivity contribution is 0.714. The van der Waals surface area contributed by atoms with E-state index >= 15 is 0 Å². The van der Waals surface area contributed by atoms with E-state index in [0.29, 0.717) is 13.1 Å². The van der Waals surface area contributed by atoms with Gasteiger partial charge in [0.2, 0.25) is 0 Å². The highest BCUT2D eigenvalue weighted by Gasteiger charge is 2.03. The second kappa shape index (κ2) is 4.93. The molecule has 0 aliphatic carbocycles. The minimum atomic E-state index is -0.234. The van der Waals surface area contributed by atoms with Crippen LogP contribution in [0.15, 0.2) is 41.5 Å². The second-order valence-electron chi connectivity index (χ2n) is 4.01. The zero-order chi connectivity index (χ0) is 12.3. The molecule has 0 aliphatic heterocycles.